The highest BCUT2D eigenvalue weighted by Gasteiger charge is 2.36. The zero-order chi connectivity index (χ0) is 15.2. The van der Waals surface area contributed by atoms with Crippen molar-refractivity contribution in [3.8, 4) is 11.5 Å². The normalized spacial score (nSPS) is 19.3. The van der Waals surface area contributed by atoms with E-state index in [1.54, 1.807) is 6.07 Å². The number of hydrogen-bond acceptors (Lipinski definition) is 4. The van der Waals surface area contributed by atoms with Crippen LogP contribution in [0.2, 0.25) is 0 Å². The van der Waals surface area contributed by atoms with Crippen LogP contribution in [0.1, 0.15) is 11.7 Å². The van der Waals surface area contributed by atoms with Gasteiger partial charge in [-0.1, -0.05) is 6.07 Å². The van der Waals surface area contributed by atoms with Crippen LogP contribution in [0.4, 0.5) is 4.39 Å². The van der Waals surface area contributed by atoms with E-state index >= 15 is 0 Å². The van der Waals surface area contributed by atoms with Crippen molar-refractivity contribution >= 4 is 25.8 Å². The molecular weight excluding hydrogens is 363 g/mol. The summed E-state index contributed by atoms with van der Waals surface area (Å²) in [6, 6.07) is 8.46. The van der Waals surface area contributed by atoms with Crippen molar-refractivity contribution < 1.29 is 22.7 Å². The topological polar surface area (TPSA) is 63.6 Å². The monoisotopic (exact) mass is 372 g/mol. The molecule has 7 heteroatoms. The Labute approximate surface area is 129 Å². The molecule has 110 valence electrons. The molecule has 2 aromatic rings. The average molecular weight is 373 g/mol. The minimum atomic E-state index is -3.47. The maximum atomic E-state index is 13.1. The van der Waals surface area contributed by atoms with Gasteiger partial charge in [-0.15, -0.1) is 0 Å². The quantitative estimate of drug-likeness (QED) is 0.878. The Hall–Kier alpha value is -1.44. The number of rotatable bonds is 2. The number of hydrogen-bond donors (Lipinski definition) is 1. The standard InChI is InChI=1S/C14H10BrFO4S/c15-14-11(20-9-3-1-2-8(16)6-9)4-5-12-13(14)10(17)7-21(12,18)19/h1-6,10,17H,7H2. The largest absolute Gasteiger partial charge is 0.456 e. The third-order valence-electron chi connectivity index (χ3n) is 3.17. The van der Waals surface area contributed by atoms with Crippen molar-refractivity contribution in [3.05, 3.63) is 52.3 Å². The molecule has 1 N–H and O–H groups in total. The molecule has 0 fully saturated rings. The molecular formula is C14H10BrFO4S. The first-order chi connectivity index (χ1) is 9.88. The molecule has 0 saturated carbocycles. The van der Waals surface area contributed by atoms with E-state index in [9.17, 15) is 17.9 Å². The number of fused-ring (bicyclic) bond motifs is 1. The third kappa shape index (κ3) is 2.56. The molecule has 0 spiro atoms. The number of ether oxygens (including phenoxy) is 1. The summed E-state index contributed by atoms with van der Waals surface area (Å²) in [6.07, 6.45) is -1.10. The van der Waals surface area contributed by atoms with E-state index in [-0.39, 0.29) is 22.0 Å². The van der Waals surface area contributed by atoms with Crippen LogP contribution in [0.3, 0.4) is 0 Å². The van der Waals surface area contributed by atoms with Crippen molar-refractivity contribution in [1.82, 2.24) is 0 Å². The molecule has 0 aliphatic carbocycles. The van der Waals surface area contributed by atoms with Crippen LogP contribution in [-0.2, 0) is 9.84 Å². The van der Waals surface area contributed by atoms with Crippen molar-refractivity contribution in [2.45, 2.75) is 11.0 Å². The van der Waals surface area contributed by atoms with E-state index in [0.29, 0.717) is 10.2 Å². The summed E-state index contributed by atoms with van der Waals surface area (Å²) in [5.41, 5.74) is 0.281. The lowest BCUT2D eigenvalue weighted by Gasteiger charge is -2.12. The van der Waals surface area contributed by atoms with E-state index in [4.69, 9.17) is 4.74 Å². The average Bonchev–Trinajstić information content (AvgIpc) is 2.63. The van der Waals surface area contributed by atoms with Crippen LogP contribution in [-0.4, -0.2) is 19.3 Å². The fraction of sp³-hybridized carbons (Fsp3) is 0.143. The molecule has 1 aliphatic rings. The Bertz CT molecular complexity index is 820. The number of sulfone groups is 1. The van der Waals surface area contributed by atoms with Crippen LogP contribution >= 0.6 is 15.9 Å². The van der Waals surface area contributed by atoms with Gasteiger partial charge in [0.1, 0.15) is 17.3 Å². The maximum absolute atomic E-state index is 13.1. The second-order valence-corrected chi connectivity index (χ2v) is 7.44. The number of halogens is 2. The van der Waals surface area contributed by atoms with E-state index in [1.165, 1.54) is 30.3 Å². The van der Waals surface area contributed by atoms with Crippen LogP contribution in [0, 0.1) is 5.82 Å². The van der Waals surface area contributed by atoms with Gasteiger partial charge in [0.15, 0.2) is 9.84 Å². The highest BCUT2D eigenvalue weighted by molar-refractivity contribution is 9.10. The van der Waals surface area contributed by atoms with Gasteiger partial charge in [-0.25, -0.2) is 12.8 Å². The smallest absolute Gasteiger partial charge is 0.181 e. The minimum absolute atomic E-state index is 0.0912. The number of benzene rings is 2. The molecule has 0 aromatic heterocycles. The fourth-order valence-electron chi connectivity index (χ4n) is 2.25. The molecule has 4 nitrogen and oxygen atoms in total. The van der Waals surface area contributed by atoms with Gasteiger partial charge in [0.25, 0.3) is 0 Å². The zero-order valence-corrected chi connectivity index (χ0v) is 13.0. The Balaban J connectivity index is 2.05. The highest BCUT2D eigenvalue weighted by Crippen LogP contribution is 2.43. The van der Waals surface area contributed by atoms with Gasteiger partial charge in [-0.3, -0.25) is 0 Å². The molecule has 0 radical (unpaired) electrons. The lowest BCUT2D eigenvalue weighted by molar-refractivity contribution is 0.203. The SMILES string of the molecule is O=S1(=O)CC(O)c2c1ccc(Oc1cccc(F)c1)c2Br. The van der Waals surface area contributed by atoms with E-state index in [1.807, 2.05) is 0 Å². The molecule has 0 saturated heterocycles. The molecule has 3 rings (SSSR count). The number of aliphatic hydroxyl groups is 1. The predicted octanol–water partition coefficient (Wildman–Crippen LogP) is 3.20. The van der Waals surface area contributed by atoms with Gasteiger partial charge in [0, 0.05) is 11.6 Å². The Morgan fingerprint density at radius 2 is 2.05 bits per heavy atom. The maximum Gasteiger partial charge on any atom is 0.181 e. The first-order valence-electron chi connectivity index (χ1n) is 6.05. The van der Waals surface area contributed by atoms with Crippen LogP contribution in [0.15, 0.2) is 45.8 Å². The molecule has 1 heterocycles. The Morgan fingerprint density at radius 1 is 1.29 bits per heavy atom. The second kappa shape index (κ2) is 5.08. The summed E-state index contributed by atoms with van der Waals surface area (Å²) in [5, 5.41) is 9.91. The summed E-state index contributed by atoms with van der Waals surface area (Å²) in [4.78, 5) is 0.0912. The molecule has 0 amide bonds. The lowest BCUT2D eigenvalue weighted by Crippen LogP contribution is -2.02. The fourth-order valence-corrected chi connectivity index (χ4v) is 4.69. The Kier molecular flexibility index (Phi) is 3.51. The second-order valence-electron chi connectivity index (χ2n) is 4.65. The zero-order valence-electron chi connectivity index (χ0n) is 10.6. The minimum Gasteiger partial charge on any atom is -0.456 e. The first kappa shape index (κ1) is 14.5. The Morgan fingerprint density at radius 3 is 2.76 bits per heavy atom. The molecule has 21 heavy (non-hydrogen) atoms. The predicted molar refractivity (Wildman–Crippen MR) is 77.6 cm³/mol. The summed E-state index contributed by atoms with van der Waals surface area (Å²) in [6.45, 7) is 0. The van der Waals surface area contributed by atoms with Gasteiger partial charge in [-0.05, 0) is 40.2 Å². The lowest BCUT2D eigenvalue weighted by atomic mass is 10.1. The van der Waals surface area contributed by atoms with Crippen LogP contribution in [0.5, 0.6) is 11.5 Å². The molecule has 1 aliphatic heterocycles. The van der Waals surface area contributed by atoms with Gasteiger partial charge >= 0.3 is 0 Å². The third-order valence-corrected chi connectivity index (χ3v) is 5.77. The van der Waals surface area contributed by atoms with Gasteiger partial charge in [-0.2, -0.15) is 0 Å². The van der Waals surface area contributed by atoms with Crippen molar-refractivity contribution in [1.29, 1.82) is 0 Å². The van der Waals surface area contributed by atoms with Crippen molar-refractivity contribution in [2.24, 2.45) is 0 Å². The van der Waals surface area contributed by atoms with E-state index in [0.717, 1.165) is 0 Å². The molecule has 2 aromatic carbocycles. The number of aliphatic hydroxyl groups excluding tert-OH is 1. The highest BCUT2D eigenvalue weighted by atomic mass is 79.9. The van der Waals surface area contributed by atoms with Crippen molar-refractivity contribution in [3.63, 3.8) is 0 Å². The first-order valence-corrected chi connectivity index (χ1v) is 8.49. The molecule has 1 atom stereocenters. The van der Waals surface area contributed by atoms with E-state index in [2.05, 4.69) is 15.9 Å². The van der Waals surface area contributed by atoms with Gasteiger partial charge < -0.3 is 9.84 Å². The van der Waals surface area contributed by atoms with Crippen LogP contribution in [0.25, 0.3) is 0 Å². The van der Waals surface area contributed by atoms with E-state index < -0.39 is 21.8 Å². The van der Waals surface area contributed by atoms with Gasteiger partial charge in [0.05, 0.1) is 21.2 Å². The van der Waals surface area contributed by atoms with Crippen molar-refractivity contribution in [2.75, 3.05) is 5.75 Å². The summed E-state index contributed by atoms with van der Waals surface area (Å²) < 4.78 is 42.8. The van der Waals surface area contributed by atoms with Crippen LogP contribution < -0.4 is 4.74 Å². The summed E-state index contributed by atoms with van der Waals surface area (Å²) >= 11 is 3.26. The molecule has 0 bridgehead atoms. The summed E-state index contributed by atoms with van der Waals surface area (Å²) in [7, 11) is -3.47. The van der Waals surface area contributed by atoms with Gasteiger partial charge in [0.2, 0.25) is 0 Å². The molecule has 1 unspecified atom stereocenters. The summed E-state index contributed by atoms with van der Waals surface area (Å²) in [5.74, 6) is -0.182.